The lowest BCUT2D eigenvalue weighted by Crippen LogP contribution is -2.14. The molecule has 0 heterocycles. The summed E-state index contributed by atoms with van der Waals surface area (Å²) in [6.45, 7) is 5.68. The zero-order chi connectivity index (χ0) is 13.6. The normalized spacial score (nSPS) is 13.1. The van der Waals surface area contributed by atoms with E-state index in [4.69, 9.17) is 0 Å². The van der Waals surface area contributed by atoms with Gasteiger partial charge in [0.15, 0.2) is 0 Å². The maximum Gasteiger partial charge on any atom is 0.446 e. The Morgan fingerprint density at radius 2 is 1.94 bits per heavy atom. The Labute approximate surface area is 109 Å². The van der Waals surface area contributed by atoms with Crippen molar-refractivity contribution in [3.8, 4) is 0 Å². The SMILES string of the molecule is C=CCCC(C)Nc1ccc(SC(F)(F)F)cc1. The Bertz CT molecular complexity index is 373. The fourth-order valence-corrected chi connectivity index (χ4v) is 2.02. The van der Waals surface area contributed by atoms with E-state index in [1.54, 1.807) is 12.1 Å². The van der Waals surface area contributed by atoms with Gasteiger partial charge in [-0.2, -0.15) is 13.2 Å². The monoisotopic (exact) mass is 275 g/mol. The third-order valence-corrected chi connectivity index (χ3v) is 3.04. The van der Waals surface area contributed by atoms with Crippen molar-refractivity contribution in [3.05, 3.63) is 36.9 Å². The molecule has 0 saturated carbocycles. The van der Waals surface area contributed by atoms with E-state index in [2.05, 4.69) is 11.9 Å². The van der Waals surface area contributed by atoms with Crippen molar-refractivity contribution in [2.75, 3.05) is 5.32 Å². The molecule has 0 bridgehead atoms. The molecule has 0 aromatic heterocycles. The van der Waals surface area contributed by atoms with Crippen LogP contribution in [0.25, 0.3) is 0 Å². The smallest absolute Gasteiger partial charge is 0.383 e. The highest BCUT2D eigenvalue weighted by Crippen LogP contribution is 2.37. The topological polar surface area (TPSA) is 12.0 Å². The third-order valence-electron chi connectivity index (χ3n) is 2.30. The van der Waals surface area contributed by atoms with Gasteiger partial charge in [-0.05, 0) is 55.8 Å². The molecular weight excluding hydrogens is 259 g/mol. The predicted octanol–water partition coefficient (Wildman–Crippen LogP) is 5.07. The zero-order valence-corrected chi connectivity index (χ0v) is 10.9. The van der Waals surface area contributed by atoms with Crippen LogP contribution in [0.4, 0.5) is 18.9 Å². The van der Waals surface area contributed by atoms with Crippen LogP contribution in [0, 0.1) is 0 Å². The van der Waals surface area contributed by atoms with E-state index < -0.39 is 5.51 Å². The highest BCUT2D eigenvalue weighted by atomic mass is 32.2. The minimum absolute atomic E-state index is 0.0988. The van der Waals surface area contributed by atoms with Crippen molar-refractivity contribution in [3.63, 3.8) is 0 Å². The summed E-state index contributed by atoms with van der Waals surface area (Å²) in [6, 6.07) is 6.54. The zero-order valence-electron chi connectivity index (χ0n) is 10.1. The molecule has 1 nitrogen and oxygen atoms in total. The van der Waals surface area contributed by atoms with Crippen LogP contribution >= 0.6 is 11.8 Å². The largest absolute Gasteiger partial charge is 0.446 e. The number of halogens is 3. The second-order valence-corrected chi connectivity index (χ2v) is 5.12. The fourth-order valence-electron chi connectivity index (χ4n) is 1.48. The first kappa shape index (κ1) is 15.0. The Morgan fingerprint density at radius 1 is 1.33 bits per heavy atom. The van der Waals surface area contributed by atoms with Gasteiger partial charge in [-0.1, -0.05) is 6.08 Å². The van der Waals surface area contributed by atoms with Crippen molar-refractivity contribution in [1.29, 1.82) is 0 Å². The molecule has 0 saturated heterocycles. The summed E-state index contributed by atoms with van der Waals surface area (Å²) in [5.41, 5.74) is -3.40. The number of benzene rings is 1. The fraction of sp³-hybridized carbons (Fsp3) is 0.385. The number of rotatable bonds is 6. The Morgan fingerprint density at radius 3 is 2.44 bits per heavy atom. The van der Waals surface area contributed by atoms with E-state index in [0.29, 0.717) is 0 Å². The molecule has 0 aliphatic rings. The third kappa shape index (κ3) is 6.00. The lowest BCUT2D eigenvalue weighted by molar-refractivity contribution is -0.0328. The van der Waals surface area contributed by atoms with Gasteiger partial charge in [0.05, 0.1) is 0 Å². The summed E-state index contributed by atoms with van der Waals surface area (Å²) in [5, 5.41) is 3.23. The van der Waals surface area contributed by atoms with Crippen LogP contribution in [0.1, 0.15) is 19.8 Å². The van der Waals surface area contributed by atoms with Gasteiger partial charge >= 0.3 is 5.51 Å². The van der Waals surface area contributed by atoms with Crippen molar-refractivity contribution in [1.82, 2.24) is 0 Å². The summed E-state index contributed by atoms with van der Waals surface area (Å²) in [4.78, 5) is 0.201. The highest BCUT2D eigenvalue weighted by Gasteiger charge is 2.28. The molecule has 1 aromatic rings. The lowest BCUT2D eigenvalue weighted by Gasteiger charge is -2.14. The van der Waals surface area contributed by atoms with Crippen LogP contribution in [-0.4, -0.2) is 11.6 Å². The van der Waals surface area contributed by atoms with E-state index in [9.17, 15) is 13.2 Å². The van der Waals surface area contributed by atoms with Crippen molar-refractivity contribution < 1.29 is 13.2 Å². The Kier molecular flexibility index (Phi) is 5.59. The summed E-state index contributed by atoms with van der Waals surface area (Å²) in [7, 11) is 0. The maximum absolute atomic E-state index is 12.1. The molecule has 1 rings (SSSR count). The van der Waals surface area contributed by atoms with Crippen LogP contribution in [0.15, 0.2) is 41.8 Å². The molecule has 0 radical (unpaired) electrons. The molecule has 0 aliphatic heterocycles. The van der Waals surface area contributed by atoms with Gasteiger partial charge in [-0.25, -0.2) is 0 Å². The highest BCUT2D eigenvalue weighted by molar-refractivity contribution is 8.00. The average Bonchev–Trinajstić information content (AvgIpc) is 2.27. The molecule has 5 heteroatoms. The first-order valence-corrected chi connectivity index (χ1v) is 6.45. The molecule has 100 valence electrons. The molecule has 18 heavy (non-hydrogen) atoms. The predicted molar refractivity (Wildman–Crippen MR) is 70.9 cm³/mol. The Balaban J connectivity index is 2.52. The first-order chi connectivity index (χ1) is 8.40. The minimum atomic E-state index is -4.23. The van der Waals surface area contributed by atoms with Crippen LogP contribution in [0.2, 0.25) is 0 Å². The van der Waals surface area contributed by atoms with Gasteiger partial charge in [0.1, 0.15) is 0 Å². The molecule has 0 amide bonds. The molecular formula is C13H16F3NS. The molecule has 0 aliphatic carbocycles. The molecule has 1 atom stereocenters. The number of nitrogens with one attached hydrogen (secondary N) is 1. The lowest BCUT2D eigenvalue weighted by atomic mass is 10.1. The van der Waals surface area contributed by atoms with Gasteiger partial charge in [0.2, 0.25) is 0 Å². The van der Waals surface area contributed by atoms with Crippen molar-refractivity contribution in [2.45, 2.75) is 36.2 Å². The van der Waals surface area contributed by atoms with E-state index in [1.165, 1.54) is 12.1 Å². The summed E-state index contributed by atoms with van der Waals surface area (Å²) in [6.07, 6.45) is 3.71. The number of anilines is 1. The van der Waals surface area contributed by atoms with Crippen molar-refractivity contribution in [2.24, 2.45) is 0 Å². The van der Waals surface area contributed by atoms with E-state index in [1.807, 2.05) is 13.0 Å². The van der Waals surface area contributed by atoms with Crippen LogP contribution in [0.3, 0.4) is 0 Å². The van der Waals surface area contributed by atoms with Crippen molar-refractivity contribution >= 4 is 17.4 Å². The second kappa shape index (κ2) is 6.73. The van der Waals surface area contributed by atoms with Gasteiger partial charge in [0, 0.05) is 16.6 Å². The summed E-state index contributed by atoms with van der Waals surface area (Å²) in [5.74, 6) is 0. The molecule has 0 fully saturated rings. The Hall–Kier alpha value is -1.10. The molecule has 0 spiro atoms. The standard InChI is InChI=1S/C13H16F3NS/c1-3-4-5-10(2)17-11-6-8-12(9-7-11)18-13(14,15)16/h3,6-10,17H,1,4-5H2,2H3. The number of hydrogen-bond acceptors (Lipinski definition) is 2. The second-order valence-electron chi connectivity index (χ2n) is 3.98. The number of thioether (sulfide) groups is 1. The van der Waals surface area contributed by atoms with E-state index >= 15 is 0 Å². The van der Waals surface area contributed by atoms with Gasteiger partial charge < -0.3 is 5.32 Å². The number of allylic oxidation sites excluding steroid dienone is 1. The van der Waals surface area contributed by atoms with E-state index in [0.717, 1.165) is 18.5 Å². The number of hydrogen-bond donors (Lipinski definition) is 1. The molecule has 1 aromatic carbocycles. The summed E-state index contributed by atoms with van der Waals surface area (Å²) < 4.78 is 36.4. The quantitative estimate of drug-likeness (QED) is 0.575. The maximum atomic E-state index is 12.1. The van der Waals surface area contributed by atoms with Crippen LogP contribution in [0.5, 0.6) is 0 Å². The first-order valence-electron chi connectivity index (χ1n) is 5.64. The molecule has 1 unspecified atom stereocenters. The van der Waals surface area contributed by atoms with Gasteiger partial charge in [-0.15, -0.1) is 6.58 Å². The van der Waals surface area contributed by atoms with Crippen LogP contribution < -0.4 is 5.32 Å². The molecule has 1 N–H and O–H groups in total. The van der Waals surface area contributed by atoms with Crippen LogP contribution in [-0.2, 0) is 0 Å². The van der Waals surface area contributed by atoms with Gasteiger partial charge in [-0.3, -0.25) is 0 Å². The summed E-state index contributed by atoms with van der Waals surface area (Å²) >= 11 is -0.0988. The average molecular weight is 275 g/mol. The van der Waals surface area contributed by atoms with Gasteiger partial charge in [0.25, 0.3) is 0 Å². The number of alkyl halides is 3. The van der Waals surface area contributed by atoms with E-state index in [-0.39, 0.29) is 22.7 Å². The minimum Gasteiger partial charge on any atom is -0.383 e.